The summed E-state index contributed by atoms with van der Waals surface area (Å²) >= 11 is 0. The third-order valence-electron chi connectivity index (χ3n) is 6.94. The third kappa shape index (κ3) is 5.38. The van der Waals surface area contributed by atoms with Gasteiger partial charge < -0.3 is 32.8 Å². The van der Waals surface area contributed by atoms with Crippen LogP contribution in [0.15, 0.2) is 47.0 Å². The zero-order valence-electron chi connectivity index (χ0n) is 23.0. The van der Waals surface area contributed by atoms with Crippen LogP contribution < -0.4 is 18.9 Å². The number of methoxy groups -OCH3 is 1. The number of hydrogen-bond acceptors (Lipinski definition) is 9. The molecular formula is C30H30N2O8. The minimum Gasteiger partial charge on any atom is -0.493 e. The molecular weight excluding hydrogens is 516 g/mol. The number of Topliss-reactive ketones (excluding diaryl/α,β-unsaturated/α-hetero) is 1. The molecule has 0 fully saturated rings. The zero-order valence-corrected chi connectivity index (χ0v) is 23.0. The maximum absolute atomic E-state index is 13.0. The van der Waals surface area contributed by atoms with Gasteiger partial charge in [0.2, 0.25) is 12.6 Å². The van der Waals surface area contributed by atoms with Crippen molar-refractivity contribution in [2.24, 2.45) is 0 Å². The van der Waals surface area contributed by atoms with Crippen LogP contribution in [0, 0.1) is 27.7 Å². The van der Waals surface area contributed by atoms with Crippen LogP contribution >= 0.6 is 0 Å². The van der Waals surface area contributed by atoms with E-state index in [1.165, 1.54) is 13.2 Å². The molecule has 0 saturated carbocycles. The van der Waals surface area contributed by atoms with Crippen LogP contribution in [0.5, 0.6) is 23.0 Å². The van der Waals surface area contributed by atoms with Crippen molar-refractivity contribution in [1.82, 2.24) is 9.72 Å². The van der Waals surface area contributed by atoms with Crippen molar-refractivity contribution < 1.29 is 37.8 Å². The van der Waals surface area contributed by atoms with Crippen molar-refractivity contribution in [3.8, 4) is 23.0 Å². The molecule has 0 atom stereocenters. The first-order valence-corrected chi connectivity index (χ1v) is 12.7. The molecule has 3 heterocycles. The predicted molar refractivity (Wildman–Crippen MR) is 143 cm³/mol. The van der Waals surface area contributed by atoms with Gasteiger partial charge in [-0.2, -0.15) is 0 Å². The van der Waals surface area contributed by atoms with E-state index < -0.39 is 5.97 Å². The highest BCUT2D eigenvalue weighted by Gasteiger charge is 2.20. The van der Waals surface area contributed by atoms with Gasteiger partial charge in [-0.1, -0.05) is 11.2 Å². The molecule has 0 saturated heterocycles. The lowest BCUT2D eigenvalue weighted by molar-refractivity contribution is 0.0474. The molecule has 1 aliphatic heterocycles. The Kier molecular flexibility index (Phi) is 7.50. The van der Waals surface area contributed by atoms with Crippen molar-refractivity contribution in [3.63, 3.8) is 0 Å². The fourth-order valence-electron chi connectivity index (χ4n) is 4.61. The second-order valence-electron chi connectivity index (χ2n) is 9.51. The minimum absolute atomic E-state index is 0.214. The summed E-state index contributed by atoms with van der Waals surface area (Å²) in [5.41, 5.74) is 5.06. The minimum atomic E-state index is -0.641. The monoisotopic (exact) mass is 546 g/mol. The lowest BCUT2D eigenvalue weighted by atomic mass is 10.1. The van der Waals surface area contributed by atoms with Crippen LogP contribution in [0.1, 0.15) is 54.7 Å². The number of carbonyl (C=O) groups excluding carboxylic acids is 2. The highest BCUT2D eigenvalue weighted by Crippen LogP contribution is 2.33. The number of aromatic nitrogens is 2. The first-order chi connectivity index (χ1) is 19.2. The van der Waals surface area contributed by atoms with Crippen molar-refractivity contribution >= 4 is 11.8 Å². The first-order valence-electron chi connectivity index (χ1n) is 12.7. The van der Waals surface area contributed by atoms with E-state index >= 15 is 0 Å². The van der Waals surface area contributed by atoms with Gasteiger partial charge in [-0.05, 0) is 69.7 Å². The number of fused-ring (bicyclic) bond motifs is 1. The quantitative estimate of drug-likeness (QED) is 0.198. The Morgan fingerprint density at radius 2 is 1.77 bits per heavy atom. The van der Waals surface area contributed by atoms with Crippen LogP contribution in [0.3, 0.4) is 0 Å². The van der Waals surface area contributed by atoms with Gasteiger partial charge in [-0.15, -0.1) is 0 Å². The van der Waals surface area contributed by atoms with Gasteiger partial charge in [0.15, 0.2) is 29.6 Å². The average molecular weight is 547 g/mol. The van der Waals surface area contributed by atoms with E-state index in [9.17, 15) is 9.59 Å². The van der Waals surface area contributed by atoms with Gasteiger partial charge in [0.25, 0.3) is 0 Å². The second kappa shape index (κ2) is 11.2. The molecule has 10 heteroatoms. The largest absolute Gasteiger partial charge is 0.493 e. The fourth-order valence-corrected chi connectivity index (χ4v) is 4.61. The lowest BCUT2D eigenvalue weighted by Crippen LogP contribution is -2.15. The van der Waals surface area contributed by atoms with E-state index in [0.29, 0.717) is 35.1 Å². The predicted octanol–water partition coefficient (Wildman–Crippen LogP) is 5.11. The van der Waals surface area contributed by atoms with Gasteiger partial charge >= 0.3 is 5.97 Å². The van der Waals surface area contributed by atoms with Crippen LogP contribution in [0.2, 0.25) is 0 Å². The van der Waals surface area contributed by atoms with Crippen LogP contribution in [-0.2, 0) is 17.9 Å². The summed E-state index contributed by atoms with van der Waals surface area (Å²) in [6, 6.07) is 12.3. The van der Waals surface area contributed by atoms with Crippen molar-refractivity contribution in [1.29, 1.82) is 0 Å². The van der Waals surface area contributed by atoms with E-state index in [1.54, 1.807) is 12.1 Å². The van der Waals surface area contributed by atoms with E-state index in [4.69, 9.17) is 28.2 Å². The molecule has 1 aliphatic rings. The number of aryl methyl sites for hydroxylation is 3. The Labute approximate surface area is 231 Å². The lowest BCUT2D eigenvalue weighted by Gasteiger charge is -2.12. The number of carbonyl (C=O) groups is 2. The van der Waals surface area contributed by atoms with E-state index in [-0.39, 0.29) is 31.4 Å². The zero-order chi connectivity index (χ0) is 28.4. The summed E-state index contributed by atoms with van der Waals surface area (Å²) in [4.78, 5) is 25.8. The average Bonchev–Trinajstić information content (AvgIpc) is 3.63. The number of nitrogens with zero attached hydrogens (tertiary/aromatic N) is 2. The summed E-state index contributed by atoms with van der Waals surface area (Å²) in [6.45, 7) is 8.09. The topological polar surface area (TPSA) is 111 Å². The number of benzene rings is 2. The molecule has 208 valence electrons. The molecule has 40 heavy (non-hydrogen) atoms. The molecule has 2 aromatic heterocycles. The maximum atomic E-state index is 13.0. The van der Waals surface area contributed by atoms with E-state index in [2.05, 4.69) is 5.16 Å². The maximum Gasteiger partial charge on any atom is 0.338 e. The third-order valence-corrected chi connectivity index (χ3v) is 6.94. The number of ether oxygens (including phenoxy) is 5. The molecule has 0 bridgehead atoms. The molecule has 0 amide bonds. The Bertz CT molecular complexity index is 1560. The summed E-state index contributed by atoms with van der Waals surface area (Å²) in [5, 5.41) is 3.92. The second-order valence-corrected chi connectivity index (χ2v) is 9.51. The van der Waals surface area contributed by atoms with Crippen molar-refractivity contribution in [3.05, 3.63) is 87.6 Å². The molecule has 2 aromatic carbocycles. The molecule has 10 nitrogen and oxygen atoms in total. The number of ketones is 1. The Balaban J connectivity index is 1.22. The van der Waals surface area contributed by atoms with Crippen molar-refractivity contribution in [2.45, 2.75) is 40.8 Å². The summed E-state index contributed by atoms with van der Waals surface area (Å²) in [6.07, 6.45) is 0. The highest BCUT2D eigenvalue weighted by molar-refractivity contribution is 6.00. The highest BCUT2D eigenvalue weighted by atomic mass is 16.7. The van der Waals surface area contributed by atoms with E-state index in [1.807, 2.05) is 56.5 Å². The molecule has 0 N–H and O–H groups in total. The standard InChI is InChI=1S/C30H30N2O8/c1-17-10-23(19(3)32(17)13-21-6-8-27-29(11-21)39-16-38-27)25(33)15-37-30(34)22-7-9-26(28(12-22)35-5)36-14-24-18(2)31-40-20(24)4/h6-12H,13-16H2,1-5H3. The summed E-state index contributed by atoms with van der Waals surface area (Å²) in [5.74, 6) is 1.99. The van der Waals surface area contributed by atoms with Crippen LogP contribution in [0.25, 0.3) is 0 Å². The molecule has 0 aliphatic carbocycles. The number of hydrogen-bond donors (Lipinski definition) is 0. The summed E-state index contributed by atoms with van der Waals surface area (Å²) in [7, 11) is 1.48. The molecule has 5 rings (SSSR count). The van der Waals surface area contributed by atoms with Gasteiger partial charge in [0.05, 0.1) is 23.9 Å². The Morgan fingerprint density at radius 1 is 0.975 bits per heavy atom. The van der Waals surface area contributed by atoms with E-state index in [0.717, 1.165) is 34.0 Å². The SMILES string of the molecule is COc1cc(C(=O)OCC(=O)c2cc(C)n(Cc3ccc4c(c3)OCO4)c2C)ccc1OCc1c(C)noc1C. The van der Waals surface area contributed by atoms with Crippen LogP contribution in [-0.4, -0.2) is 42.0 Å². The molecule has 0 spiro atoms. The van der Waals surface area contributed by atoms with Gasteiger partial charge in [0.1, 0.15) is 12.4 Å². The van der Waals surface area contributed by atoms with Gasteiger partial charge in [0, 0.05) is 23.5 Å². The molecule has 0 radical (unpaired) electrons. The number of esters is 1. The Hall–Kier alpha value is -4.73. The smallest absolute Gasteiger partial charge is 0.338 e. The Morgan fingerprint density at radius 3 is 2.52 bits per heavy atom. The summed E-state index contributed by atoms with van der Waals surface area (Å²) < 4.78 is 34.7. The van der Waals surface area contributed by atoms with Crippen LogP contribution in [0.4, 0.5) is 0 Å². The van der Waals surface area contributed by atoms with Gasteiger partial charge in [-0.25, -0.2) is 4.79 Å². The fraction of sp³-hybridized carbons (Fsp3) is 0.300. The molecule has 0 unspecified atom stereocenters. The van der Waals surface area contributed by atoms with Crippen molar-refractivity contribution in [2.75, 3.05) is 20.5 Å². The normalized spacial score (nSPS) is 11.9. The number of rotatable bonds is 10. The first kappa shape index (κ1) is 26.9. The van der Waals surface area contributed by atoms with Gasteiger partial charge in [-0.3, -0.25) is 4.79 Å². The molecule has 4 aromatic rings.